The highest BCUT2D eigenvalue weighted by Crippen LogP contribution is 2.34. The van der Waals surface area contributed by atoms with Crippen molar-refractivity contribution in [3.05, 3.63) is 60.6 Å². The molecule has 0 atom stereocenters. The number of amides is 1. The Balaban J connectivity index is 1.49. The third-order valence-corrected chi connectivity index (χ3v) is 3.49. The van der Waals surface area contributed by atoms with E-state index in [9.17, 15) is 4.79 Å². The summed E-state index contributed by atoms with van der Waals surface area (Å²) in [5, 5.41) is 2.79. The number of hydrogen-bond acceptors (Lipinski definition) is 4. The number of carbonyl (C=O) groups excluding carboxylic acids is 1. The summed E-state index contributed by atoms with van der Waals surface area (Å²) in [6.07, 6.45) is 6.82. The van der Waals surface area contributed by atoms with E-state index in [2.05, 4.69) is 10.3 Å². The maximum Gasteiger partial charge on any atom is 0.248 e. The van der Waals surface area contributed by atoms with E-state index in [1.807, 2.05) is 28.8 Å². The molecule has 1 aliphatic heterocycles. The van der Waals surface area contributed by atoms with Crippen molar-refractivity contribution in [2.45, 2.75) is 0 Å². The maximum atomic E-state index is 12.0. The minimum absolute atomic E-state index is 0.209. The Morgan fingerprint density at radius 2 is 2.13 bits per heavy atom. The van der Waals surface area contributed by atoms with E-state index in [1.54, 1.807) is 30.5 Å². The van der Waals surface area contributed by atoms with Crippen molar-refractivity contribution in [2.75, 3.05) is 12.1 Å². The number of hydrogen-bond donors (Lipinski definition) is 1. The molecule has 0 saturated carbocycles. The number of imidazole rings is 1. The van der Waals surface area contributed by atoms with Crippen LogP contribution < -0.4 is 14.8 Å². The van der Waals surface area contributed by atoms with E-state index >= 15 is 0 Å². The van der Waals surface area contributed by atoms with E-state index in [4.69, 9.17) is 9.47 Å². The topological polar surface area (TPSA) is 64.9 Å². The zero-order valence-electron chi connectivity index (χ0n) is 12.1. The van der Waals surface area contributed by atoms with E-state index in [-0.39, 0.29) is 12.7 Å². The standard InChI is InChI=1S/C17H13N3O3/c21-17(19-12-4-6-14-15(9-12)23-11-22-14)7-5-13-10-18-16-3-1-2-8-20(13)16/h1-10H,11H2,(H,19,21)/b7-5+. The molecule has 0 bridgehead atoms. The van der Waals surface area contributed by atoms with E-state index < -0.39 is 0 Å². The molecule has 114 valence electrons. The molecule has 1 aromatic carbocycles. The monoisotopic (exact) mass is 307 g/mol. The Bertz CT molecular complexity index is 914. The van der Waals surface area contributed by atoms with Crippen LogP contribution in [0.25, 0.3) is 11.7 Å². The number of carbonyl (C=O) groups is 1. The summed E-state index contributed by atoms with van der Waals surface area (Å²) in [6.45, 7) is 0.209. The number of anilines is 1. The molecular weight excluding hydrogens is 294 g/mol. The third-order valence-electron chi connectivity index (χ3n) is 3.49. The van der Waals surface area contributed by atoms with E-state index in [0.29, 0.717) is 17.2 Å². The molecule has 1 aliphatic rings. The Kier molecular flexibility index (Phi) is 3.20. The molecule has 0 radical (unpaired) electrons. The lowest BCUT2D eigenvalue weighted by molar-refractivity contribution is -0.111. The lowest BCUT2D eigenvalue weighted by Gasteiger charge is -2.03. The largest absolute Gasteiger partial charge is 0.454 e. The van der Waals surface area contributed by atoms with Crippen molar-refractivity contribution in [2.24, 2.45) is 0 Å². The third kappa shape index (κ3) is 2.62. The van der Waals surface area contributed by atoms with Gasteiger partial charge in [-0.15, -0.1) is 0 Å². The lowest BCUT2D eigenvalue weighted by Crippen LogP contribution is -2.07. The van der Waals surface area contributed by atoms with Gasteiger partial charge in [0.05, 0.1) is 11.9 Å². The van der Waals surface area contributed by atoms with Crippen molar-refractivity contribution < 1.29 is 14.3 Å². The second-order valence-electron chi connectivity index (χ2n) is 5.00. The van der Waals surface area contributed by atoms with Gasteiger partial charge < -0.3 is 19.2 Å². The molecule has 23 heavy (non-hydrogen) atoms. The molecule has 3 heterocycles. The summed E-state index contributed by atoms with van der Waals surface area (Å²) in [6, 6.07) is 11.0. The fraction of sp³-hybridized carbons (Fsp3) is 0.0588. The van der Waals surface area contributed by atoms with Gasteiger partial charge in [-0.05, 0) is 30.3 Å². The van der Waals surface area contributed by atoms with Crippen LogP contribution in [-0.2, 0) is 4.79 Å². The van der Waals surface area contributed by atoms with E-state index in [0.717, 1.165) is 11.3 Å². The van der Waals surface area contributed by atoms with Crippen LogP contribution in [-0.4, -0.2) is 22.1 Å². The predicted octanol–water partition coefficient (Wildman–Crippen LogP) is 2.71. The van der Waals surface area contributed by atoms with Gasteiger partial charge in [0.1, 0.15) is 5.65 Å². The van der Waals surface area contributed by atoms with Gasteiger partial charge in [-0.1, -0.05) is 6.07 Å². The van der Waals surface area contributed by atoms with Gasteiger partial charge in [0.15, 0.2) is 11.5 Å². The number of nitrogens with one attached hydrogen (secondary N) is 1. The second-order valence-corrected chi connectivity index (χ2v) is 5.00. The fourth-order valence-electron chi connectivity index (χ4n) is 2.39. The summed E-state index contributed by atoms with van der Waals surface area (Å²) in [5.41, 5.74) is 2.33. The van der Waals surface area contributed by atoms with Gasteiger partial charge in [-0.3, -0.25) is 4.79 Å². The fourth-order valence-corrected chi connectivity index (χ4v) is 2.39. The van der Waals surface area contributed by atoms with Crippen LogP contribution in [0.5, 0.6) is 11.5 Å². The summed E-state index contributed by atoms with van der Waals surface area (Å²) in [4.78, 5) is 16.3. The van der Waals surface area contributed by atoms with Gasteiger partial charge >= 0.3 is 0 Å². The summed E-state index contributed by atoms with van der Waals surface area (Å²) >= 11 is 0. The molecular formula is C17H13N3O3. The number of nitrogens with zero attached hydrogens (tertiary/aromatic N) is 2. The number of benzene rings is 1. The Morgan fingerprint density at radius 1 is 1.22 bits per heavy atom. The molecule has 0 saturated heterocycles. The van der Waals surface area contributed by atoms with Crippen molar-refractivity contribution in [1.82, 2.24) is 9.38 Å². The van der Waals surface area contributed by atoms with Crippen LogP contribution in [0.4, 0.5) is 5.69 Å². The SMILES string of the molecule is O=C(/C=C/c1cnc2ccccn12)Nc1ccc2c(c1)OCO2. The first-order valence-electron chi connectivity index (χ1n) is 7.10. The van der Waals surface area contributed by atoms with Gasteiger partial charge in [0, 0.05) is 24.0 Å². The second kappa shape index (κ2) is 5.49. The van der Waals surface area contributed by atoms with Gasteiger partial charge in [0.25, 0.3) is 0 Å². The molecule has 1 amide bonds. The number of ether oxygens (including phenoxy) is 2. The minimum Gasteiger partial charge on any atom is -0.454 e. The maximum absolute atomic E-state index is 12.0. The number of aromatic nitrogens is 2. The van der Waals surface area contributed by atoms with Crippen molar-refractivity contribution in [3.63, 3.8) is 0 Å². The highest BCUT2D eigenvalue weighted by molar-refractivity contribution is 6.02. The Labute approximate surface area is 132 Å². The van der Waals surface area contributed by atoms with Gasteiger partial charge in [-0.25, -0.2) is 4.98 Å². The highest BCUT2D eigenvalue weighted by Gasteiger charge is 2.13. The van der Waals surface area contributed by atoms with Gasteiger partial charge in [0.2, 0.25) is 12.7 Å². The molecule has 3 aromatic rings. The quantitative estimate of drug-likeness (QED) is 0.756. The van der Waals surface area contributed by atoms with Crippen LogP contribution >= 0.6 is 0 Å². The summed E-state index contributed by atoms with van der Waals surface area (Å²) < 4.78 is 12.4. The van der Waals surface area contributed by atoms with Crippen LogP contribution in [0, 0.1) is 0 Å². The molecule has 6 nitrogen and oxygen atoms in total. The minimum atomic E-state index is -0.227. The molecule has 2 aromatic heterocycles. The molecule has 0 spiro atoms. The number of fused-ring (bicyclic) bond motifs is 2. The molecule has 0 aliphatic carbocycles. The molecule has 6 heteroatoms. The van der Waals surface area contributed by atoms with Crippen LogP contribution in [0.3, 0.4) is 0 Å². The Morgan fingerprint density at radius 3 is 3.09 bits per heavy atom. The van der Waals surface area contributed by atoms with Crippen molar-refractivity contribution >= 4 is 23.3 Å². The molecule has 1 N–H and O–H groups in total. The van der Waals surface area contributed by atoms with E-state index in [1.165, 1.54) is 6.08 Å². The molecule has 0 unspecified atom stereocenters. The number of pyridine rings is 1. The first kappa shape index (κ1) is 13.4. The normalized spacial score (nSPS) is 12.9. The van der Waals surface area contributed by atoms with Crippen molar-refractivity contribution in [3.8, 4) is 11.5 Å². The van der Waals surface area contributed by atoms with Gasteiger partial charge in [-0.2, -0.15) is 0 Å². The van der Waals surface area contributed by atoms with Crippen LogP contribution in [0.1, 0.15) is 5.69 Å². The lowest BCUT2D eigenvalue weighted by atomic mass is 10.2. The zero-order valence-corrected chi connectivity index (χ0v) is 12.1. The Hall–Kier alpha value is -3.28. The first-order valence-corrected chi connectivity index (χ1v) is 7.10. The van der Waals surface area contributed by atoms with Crippen molar-refractivity contribution in [1.29, 1.82) is 0 Å². The molecule has 4 rings (SSSR count). The smallest absolute Gasteiger partial charge is 0.248 e. The number of rotatable bonds is 3. The predicted molar refractivity (Wildman–Crippen MR) is 85.4 cm³/mol. The average Bonchev–Trinajstić information content (AvgIpc) is 3.19. The van der Waals surface area contributed by atoms with Crippen LogP contribution in [0.2, 0.25) is 0 Å². The summed E-state index contributed by atoms with van der Waals surface area (Å²) in [5.74, 6) is 1.09. The highest BCUT2D eigenvalue weighted by atomic mass is 16.7. The first-order chi connectivity index (χ1) is 11.3. The zero-order chi connectivity index (χ0) is 15.6. The summed E-state index contributed by atoms with van der Waals surface area (Å²) in [7, 11) is 0. The molecule has 0 fully saturated rings. The average molecular weight is 307 g/mol. The van der Waals surface area contributed by atoms with Crippen LogP contribution in [0.15, 0.2) is 54.9 Å².